The Morgan fingerprint density at radius 3 is 1.35 bits per heavy atom. The monoisotopic (exact) mass is 231 g/mol. The quantitative estimate of drug-likeness (QED) is 0.784. The van der Waals surface area contributed by atoms with E-state index in [9.17, 15) is 10.0 Å². The van der Waals surface area contributed by atoms with E-state index in [1.165, 1.54) is 0 Å². The third kappa shape index (κ3) is 3.51. The summed E-state index contributed by atoms with van der Waals surface area (Å²) in [7, 11) is 0. The van der Waals surface area contributed by atoms with Gasteiger partial charge in [0.15, 0.2) is 0 Å². The van der Waals surface area contributed by atoms with Crippen molar-refractivity contribution in [2.75, 3.05) is 0 Å². The van der Waals surface area contributed by atoms with E-state index in [2.05, 4.69) is 0 Å². The number of para-hydroxylation sites is 2. The highest BCUT2D eigenvalue weighted by Crippen LogP contribution is 2.16. The molecule has 0 radical (unpaired) electrons. The summed E-state index contributed by atoms with van der Waals surface area (Å²) in [5, 5.41) is 19.2. The van der Waals surface area contributed by atoms with Crippen LogP contribution in [0.4, 0.5) is 0 Å². The van der Waals surface area contributed by atoms with Crippen LogP contribution in [0.5, 0.6) is 11.5 Å². The van der Waals surface area contributed by atoms with Crippen molar-refractivity contribution >= 4 is 6.96 Å². The Balaban J connectivity index is 2.04. The van der Waals surface area contributed by atoms with Gasteiger partial charge in [0.1, 0.15) is 0 Å². The van der Waals surface area contributed by atoms with Gasteiger partial charge < -0.3 is 19.4 Å². The Kier molecular flexibility index (Phi) is 3.32. The molecule has 2 N–H and O–H groups in total. The molecule has 0 aromatic heterocycles. The smallest absolute Gasteiger partial charge is 0.635 e. The van der Waals surface area contributed by atoms with Gasteiger partial charge in [-0.3, -0.25) is 0 Å². The predicted octanol–water partition coefficient (Wildman–Crippen LogP) is 1.56. The molecule has 0 unspecified atom stereocenters. The van der Waals surface area contributed by atoms with Gasteiger partial charge in [-0.2, -0.15) is 0 Å². The third-order valence-corrected chi connectivity index (χ3v) is 2.07. The molecule has 0 spiro atoms. The molecule has 0 aliphatic carbocycles. The molecule has 2 rings (SSSR count). The topological polar surface area (TPSA) is 58.9 Å². The highest BCUT2D eigenvalue weighted by molar-refractivity contribution is 6.52. The van der Waals surface area contributed by atoms with E-state index < -0.39 is 6.96 Å². The summed E-state index contributed by atoms with van der Waals surface area (Å²) in [5.74, 6) is 0.655. The summed E-state index contributed by atoms with van der Waals surface area (Å²) >= 11 is 0. The Hall–Kier alpha value is -1.98. The summed E-state index contributed by atoms with van der Waals surface area (Å²) in [6.45, 7) is -3.36. The molecule has 2 aromatic carbocycles. The molecule has 0 aliphatic rings. The van der Waals surface area contributed by atoms with Crippen molar-refractivity contribution in [1.82, 2.24) is 0 Å². The molecule has 17 heavy (non-hydrogen) atoms. The van der Waals surface area contributed by atoms with Crippen LogP contribution in [0.1, 0.15) is 0 Å². The highest BCUT2D eigenvalue weighted by Gasteiger charge is 2.27. The molecule has 88 valence electrons. The molecule has 0 heterocycles. The summed E-state index contributed by atoms with van der Waals surface area (Å²) in [6.07, 6.45) is 0. The van der Waals surface area contributed by atoms with Crippen molar-refractivity contribution in [2.24, 2.45) is 0 Å². The fourth-order valence-corrected chi connectivity index (χ4v) is 1.38. The molecule has 0 fully saturated rings. The molecule has 4 nitrogen and oxygen atoms in total. The summed E-state index contributed by atoms with van der Waals surface area (Å²) in [4.78, 5) is 0. The van der Waals surface area contributed by atoms with E-state index in [1.54, 1.807) is 60.7 Å². The van der Waals surface area contributed by atoms with Crippen LogP contribution in [-0.4, -0.2) is 17.0 Å². The van der Waals surface area contributed by atoms with Crippen LogP contribution >= 0.6 is 0 Å². The molecule has 0 saturated carbocycles. The Labute approximate surface area is 99.1 Å². The first-order valence-corrected chi connectivity index (χ1v) is 5.22. The average Bonchev–Trinajstić information content (AvgIpc) is 2.30. The minimum absolute atomic E-state index is 0.327. The van der Waals surface area contributed by atoms with Crippen molar-refractivity contribution in [2.45, 2.75) is 0 Å². The van der Waals surface area contributed by atoms with E-state index >= 15 is 0 Å². The molecule has 0 saturated heterocycles. The third-order valence-electron chi connectivity index (χ3n) is 2.07. The second-order valence-electron chi connectivity index (χ2n) is 3.50. The minimum atomic E-state index is -3.36. The van der Waals surface area contributed by atoms with Gasteiger partial charge >= 0.3 is 6.96 Å². The maximum absolute atomic E-state index is 9.59. The molecular formula is C12H12BO4-. The van der Waals surface area contributed by atoms with Gasteiger partial charge in [-0.05, 0) is 24.3 Å². The van der Waals surface area contributed by atoms with E-state index in [-0.39, 0.29) is 0 Å². The Morgan fingerprint density at radius 2 is 1.00 bits per heavy atom. The molecule has 0 bridgehead atoms. The molecular weight excluding hydrogens is 219 g/mol. The van der Waals surface area contributed by atoms with Crippen LogP contribution in [-0.2, 0) is 0 Å². The second-order valence-corrected chi connectivity index (χ2v) is 3.50. The van der Waals surface area contributed by atoms with Crippen LogP contribution in [0, 0.1) is 0 Å². The van der Waals surface area contributed by atoms with Crippen molar-refractivity contribution in [3.8, 4) is 11.5 Å². The average molecular weight is 231 g/mol. The van der Waals surface area contributed by atoms with Crippen LogP contribution in [0.2, 0.25) is 0 Å². The van der Waals surface area contributed by atoms with Crippen LogP contribution in [0.15, 0.2) is 60.7 Å². The van der Waals surface area contributed by atoms with E-state index in [0.29, 0.717) is 11.5 Å². The SMILES string of the molecule is O[B-](O)(Oc1ccccc1)Oc1ccccc1. The number of hydrogen-bond donors (Lipinski definition) is 2. The van der Waals surface area contributed by atoms with Crippen LogP contribution in [0.25, 0.3) is 0 Å². The van der Waals surface area contributed by atoms with Crippen LogP contribution < -0.4 is 9.31 Å². The first-order valence-electron chi connectivity index (χ1n) is 5.22. The molecule has 0 amide bonds. The van der Waals surface area contributed by atoms with Gasteiger partial charge in [-0.25, -0.2) is 0 Å². The van der Waals surface area contributed by atoms with Crippen LogP contribution in [0.3, 0.4) is 0 Å². The van der Waals surface area contributed by atoms with Crippen molar-refractivity contribution < 1.29 is 19.4 Å². The van der Waals surface area contributed by atoms with Crippen molar-refractivity contribution in [1.29, 1.82) is 0 Å². The largest absolute Gasteiger partial charge is 0.647 e. The first-order chi connectivity index (χ1) is 8.16. The van der Waals surface area contributed by atoms with Gasteiger partial charge in [0.05, 0.1) is 11.5 Å². The lowest BCUT2D eigenvalue weighted by atomic mass is 10.1. The van der Waals surface area contributed by atoms with Crippen molar-refractivity contribution in [3.05, 3.63) is 60.7 Å². The first kappa shape index (κ1) is 11.5. The molecule has 0 atom stereocenters. The fourth-order valence-electron chi connectivity index (χ4n) is 1.38. The Bertz CT molecular complexity index is 415. The van der Waals surface area contributed by atoms with Gasteiger partial charge in [0.25, 0.3) is 0 Å². The molecule has 5 heteroatoms. The lowest BCUT2D eigenvalue weighted by Crippen LogP contribution is -2.49. The zero-order valence-corrected chi connectivity index (χ0v) is 9.06. The van der Waals surface area contributed by atoms with Gasteiger partial charge in [0, 0.05) is 0 Å². The fraction of sp³-hybridized carbons (Fsp3) is 0. The maximum Gasteiger partial charge on any atom is 0.647 e. The van der Waals surface area contributed by atoms with Crippen molar-refractivity contribution in [3.63, 3.8) is 0 Å². The highest BCUT2D eigenvalue weighted by atomic mass is 16.8. The summed E-state index contributed by atoms with van der Waals surface area (Å²) in [5.41, 5.74) is 0. The standard InChI is InChI=1S/C12H12BO4/c14-13(15,16-11-7-3-1-4-8-11)17-12-9-5-2-6-10-12/h1-10,14-15H/q-1. The maximum atomic E-state index is 9.59. The zero-order chi connectivity index (χ0) is 12.1. The normalized spacial score (nSPS) is 10.9. The van der Waals surface area contributed by atoms with E-state index in [1.807, 2.05) is 0 Å². The summed E-state index contributed by atoms with van der Waals surface area (Å²) < 4.78 is 9.91. The Morgan fingerprint density at radius 1 is 0.647 bits per heavy atom. The lowest BCUT2D eigenvalue weighted by Gasteiger charge is -2.31. The lowest BCUT2D eigenvalue weighted by molar-refractivity contribution is 0.139. The van der Waals surface area contributed by atoms with Gasteiger partial charge in [-0.1, -0.05) is 36.4 Å². The minimum Gasteiger partial charge on any atom is -0.635 e. The number of rotatable bonds is 4. The number of benzene rings is 2. The summed E-state index contributed by atoms with van der Waals surface area (Å²) in [6, 6.07) is 16.9. The molecule has 0 aliphatic heterocycles. The number of hydrogen-bond acceptors (Lipinski definition) is 4. The molecule has 2 aromatic rings. The predicted molar refractivity (Wildman–Crippen MR) is 64.3 cm³/mol. The second kappa shape index (κ2) is 4.90. The van der Waals surface area contributed by atoms with E-state index in [4.69, 9.17) is 9.31 Å². The van der Waals surface area contributed by atoms with Gasteiger partial charge in [-0.15, -0.1) is 0 Å². The zero-order valence-electron chi connectivity index (χ0n) is 9.06. The van der Waals surface area contributed by atoms with E-state index in [0.717, 1.165) is 0 Å². The van der Waals surface area contributed by atoms with Gasteiger partial charge in [0.2, 0.25) is 0 Å².